The third kappa shape index (κ3) is 5.38. The molecule has 4 heteroatoms. The monoisotopic (exact) mass is 261 g/mol. The predicted octanol–water partition coefficient (Wildman–Crippen LogP) is 2.26. The van der Waals surface area contributed by atoms with Crippen LogP contribution in [0.4, 0.5) is 0 Å². The van der Waals surface area contributed by atoms with E-state index in [2.05, 4.69) is 10.1 Å². The Morgan fingerprint density at radius 1 is 1.26 bits per heavy atom. The number of ether oxygens (including phenoxy) is 1. The summed E-state index contributed by atoms with van der Waals surface area (Å²) in [5, 5.41) is 2.79. The molecule has 0 aliphatic rings. The van der Waals surface area contributed by atoms with Gasteiger partial charge in [-0.05, 0) is 29.7 Å². The molecule has 0 bridgehead atoms. The Hall–Kier alpha value is -2.10. The molecule has 1 amide bonds. The molecule has 1 aromatic rings. The maximum Gasteiger partial charge on any atom is 0.337 e. The quantitative estimate of drug-likeness (QED) is 0.653. The summed E-state index contributed by atoms with van der Waals surface area (Å²) in [6, 6.07) is 6.85. The van der Waals surface area contributed by atoms with Crippen LogP contribution in [0.25, 0.3) is 6.08 Å². The summed E-state index contributed by atoms with van der Waals surface area (Å²) >= 11 is 0. The van der Waals surface area contributed by atoms with Crippen LogP contribution < -0.4 is 5.32 Å². The standard InChI is InChI=1S/C15H19NO3/c1-11(2)10-16-14(17)9-6-12-4-7-13(8-5-12)15(18)19-3/h4-9,11H,10H2,1-3H3,(H,16,17)/b9-6+. The number of benzene rings is 1. The molecule has 0 saturated carbocycles. The second kappa shape index (κ2) is 7.36. The van der Waals surface area contributed by atoms with Gasteiger partial charge in [-0.2, -0.15) is 0 Å². The predicted molar refractivity (Wildman–Crippen MR) is 74.7 cm³/mol. The van der Waals surface area contributed by atoms with Crippen molar-refractivity contribution in [3.8, 4) is 0 Å². The van der Waals surface area contributed by atoms with Crippen molar-refractivity contribution in [3.05, 3.63) is 41.5 Å². The molecule has 19 heavy (non-hydrogen) atoms. The van der Waals surface area contributed by atoms with Gasteiger partial charge in [0.25, 0.3) is 0 Å². The van der Waals surface area contributed by atoms with Gasteiger partial charge < -0.3 is 10.1 Å². The Morgan fingerprint density at radius 3 is 2.42 bits per heavy atom. The van der Waals surface area contributed by atoms with E-state index in [9.17, 15) is 9.59 Å². The van der Waals surface area contributed by atoms with E-state index in [1.54, 1.807) is 30.3 Å². The van der Waals surface area contributed by atoms with E-state index in [0.717, 1.165) is 5.56 Å². The van der Waals surface area contributed by atoms with Crippen molar-refractivity contribution >= 4 is 18.0 Å². The Kier molecular flexibility index (Phi) is 5.79. The number of carbonyl (C=O) groups is 2. The van der Waals surface area contributed by atoms with Crippen LogP contribution >= 0.6 is 0 Å². The van der Waals surface area contributed by atoms with Gasteiger partial charge in [0.05, 0.1) is 12.7 Å². The molecule has 0 heterocycles. The third-order valence-corrected chi connectivity index (χ3v) is 2.44. The maximum atomic E-state index is 11.5. The summed E-state index contributed by atoms with van der Waals surface area (Å²) in [7, 11) is 1.34. The first kappa shape index (κ1) is 15.0. The molecule has 4 nitrogen and oxygen atoms in total. The van der Waals surface area contributed by atoms with E-state index in [0.29, 0.717) is 18.0 Å². The highest BCUT2D eigenvalue weighted by Gasteiger charge is 2.03. The fraction of sp³-hybridized carbons (Fsp3) is 0.333. The number of carbonyl (C=O) groups excluding carboxylic acids is 2. The molecule has 0 radical (unpaired) electrons. The highest BCUT2D eigenvalue weighted by molar-refractivity contribution is 5.92. The Bertz CT molecular complexity index is 461. The SMILES string of the molecule is COC(=O)c1ccc(/C=C/C(=O)NCC(C)C)cc1. The first-order chi connectivity index (χ1) is 9.02. The first-order valence-corrected chi connectivity index (χ1v) is 6.17. The number of rotatable bonds is 5. The number of hydrogen-bond acceptors (Lipinski definition) is 3. The molecule has 0 unspecified atom stereocenters. The van der Waals surface area contributed by atoms with E-state index in [4.69, 9.17) is 0 Å². The largest absolute Gasteiger partial charge is 0.465 e. The molecule has 0 atom stereocenters. The van der Waals surface area contributed by atoms with Crippen molar-refractivity contribution in [1.29, 1.82) is 0 Å². The van der Waals surface area contributed by atoms with Gasteiger partial charge in [0.15, 0.2) is 0 Å². The van der Waals surface area contributed by atoms with Gasteiger partial charge in [-0.3, -0.25) is 4.79 Å². The average molecular weight is 261 g/mol. The van der Waals surface area contributed by atoms with Crippen LogP contribution in [0.2, 0.25) is 0 Å². The van der Waals surface area contributed by atoms with Crippen LogP contribution in [0, 0.1) is 5.92 Å². The smallest absolute Gasteiger partial charge is 0.337 e. The van der Waals surface area contributed by atoms with Crippen molar-refractivity contribution in [2.24, 2.45) is 5.92 Å². The highest BCUT2D eigenvalue weighted by Crippen LogP contribution is 2.07. The summed E-state index contributed by atoms with van der Waals surface area (Å²) in [6.07, 6.45) is 3.19. The van der Waals surface area contributed by atoms with Crippen LogP contribution in [-0.2, 0) is 9.53 Å². The van der Waals surface area contributed by atoms with E-state index >= 15 is 0 Å². The van der Waals surface area contributed by atoms with Crippen LogP contribution in [0.15, 0.2) is 30.3 Å². The topological polar surface area (TPSA) is 55.4 Å². The van der Waals surface area contributed by atoms with E-state index < -0.39 is 0 Å². The lowest BCUT2D eigenvalue weighted by Gasteiger charge is -2.04. The number of esters is 1. The van der Waals surface area contributed by atoms with Crippen LogP contribution in [-0.4, -0.2) is 25.5 Å². The summed E-state index contributed by atoms with van der Waals surface area (Å²) in [6.45, 7) is 4.73. The molecule has 0 saturated heterocycles. The zero-order valence-corrected chi connectivity index (χ0v) is 11.5. The molecule has 1 rings (SSSR count). The van der Waals surface area contributed by atoms with Crippen LogP contribution in [0.5, 0.6) is 0 Å². The lowest BCUT2D eigenvalue weighted by Crippen LogP contribution is -2.25. The molecular formula is C15H19NO3. The van der Waals surface area contributed by atoms with Crippen molar-refractivity contribution in [1.82, 2.24) is 5.32 Å². The second-order valence-electron chi connectivity index (χ2n) is 4.59. The Balaban J connectivity index is 2.57. The molecule has 0 aromatic heterocycles. The maximum absolute atomic E-state index is 11.5. The van der Waals surface area contributed by atoms with Gasteiger partial charge in [0, 0.05) is 12.6 Å². The fourth-order valence-electron chi connectivity index (χ4n) is 1.38. The fourth-order valence-corrected chi connectivity index (χ4v) is 1.38. The second-order valence-corrected chi connectivity index (χ2v) is 4.59. The third-order valence-electron chi connectivity index (χ3n) is 2.44. The van der Waals surface area contributed by atoms with Gasteiger partial charge in [0.2, 0.25) is 5.91 Å². The van der Waals surface area contributed by atoms with Crippen molar-refractivity contribution < 1.29 is 14.3 Å². The normalized spacial score (nSPS) is 10.7. The van der Waals surface area contributed by atoms with Crippen LogP contribution in [0.3, 0.4) is 0 Å². The summed E-state index contributed by atoms with van der Waals surface area (Å²) in [5.74, 6) is -0.0624. The lowest BCUT2D eigenvalue weighted by molar-refractivity contribution is -0.116. The van der Waals surface area contributed by atoms with Gasteiger partial charge in [0.1, 0.15) is 0 Å². The molecule has 0 aliphatic carbocycles. The van der Waals surface area contributed by atoms with Gasteiger partial charge in [-0.1, -0.05) is 26.0 Å². The molecule has 102 valence electrons. The Morgan fingerprint density at radius 2 is 1.89 bits per heavy atom. The van der Waals surface area contributed by atoms with Crippen molar-refractivity contribution in [2.75, 3.05) is 13.7 Å². The minimum absolute atomic E-state index is 0.120. The number of amides is 1. The minimum Gasteiger partial charge on any atom is -0.465 e. The lowest BCUT2D eigenvalue weighted by atomic mass is 10.1. The summed E-state index contributed by atoms with van der Waals surface area (Å²) < 4.78 is 4.61. The molecule has 1 aromatic carbocycles. The molecular weight excluding hydrogens is 242 g/mol. The highest BCUT2D eigenvalue weighted by atomic mass is 16.5. The van der Waals surface area contributed by atoms with E-state index in [1.165, 1.54) is 13.2 Å². The van der Waals surface area contributed by atoms with Crippen LogP contribution in [0.1, 0.15) is 29.8 Å². The first-order valence-electron chi connectivity index (χ1n) is 6.17. The summed E-state index contributed by atoms with van der Waals surface area (Å²) in [4.78, 5) is 22.7. The Labute approximate surface area is 113 Å². The van der Waals surface area contributed by atoms with Crippen molar-refractivity contribution in [2.45, 2.75) is 13.8 Å². The molecule has 0 fully saturated rings. The van der Waals surface area contributed by atoms with Gasteiger partial charge >= 0.3 is 5.97 Å². The van der Waals surface area contributed by atoms with Crippen molar-refractivity contribution in [3.63, 3.8) is 0 Å². The molecule has 0 spiro atoms. The van der Waals surface area contributed by atoms with E-state index in [-0.39, 0.29) is 11.9 Å². The number of hydrogen-bond donors (Lipinski definition) is 1. The van der Waals surface area contributed by atoms with E-state index in [1.807, 2.05) is 13.8 Å². The zero-order valence-electron chi connectivity index (χ0n) is 11.5. The van der Waals surface area contributed by atoms with Gasteiger partial charge in [-0.25, -0.2) is 4.79 Å². The molecule has 0 aliphatic heterocycles. The summed E-state index contributed by atoms with van der Waals surface area (Å²) in [5.41, 5.74) is 1.34. The number of methoxy groups -OCH3 is 1. The minimum atomic E-state index is -0.370. The average Bonchev–Trinajstić information content (AvgIpc) is 2.42. The zero-order chi connectivity index (χ0) is 14.3. The molecule has 1 N–H and O–H groups in total. The van der Waals surface area contributed by atoms with Gasteiger partial charge in [-0.15, -0.1) is 0 Å². The number of nitrogens with one attached hydrogen (secondary N) is 1.